The Morgan fingerprint density at radius 1 is 1.10 bits per heavy atom. The molecule has 9 heteroatoms. The maximum absolute atomic E-state index is 12.1. The Hall–Kier alpha value is 0.0400. The van der Waals surface area contributed by atoms with Gasteiger partial charge in [0, 0.05) is 39.0 Å². The van der Waals surface area contributed by atoms with Gasteiger partial charge in [0.05, 0.1) is 13.2 Å². The number of piperidine rings is 1. The quantitative estimate of drug-likeness (QED) is 0.640. The van der Waals surface area contributed by atoms with Gasteiger partial charge in [0.1, 0.15) is 0 Å². The third-order valence-electron chi connectivity index (χ3n) is 3.65. The summed E-state index contributed by atoms with van der Waals surface area (Å²) < 4.78 is 39.5. The number of rotatable bonds is 7. The first-order chi connectivity index (χ1) is 9.58. The van der Waals surface area contributed by atoms with Crippen molar-refractivity contribution in [2.75, 3.05) is 45.9 Å². The monoisotopic (exact) mass is 343 g/mol. The first-order valence-corrected chi connectivity index (χ1v) is 8.75. The predicted molar refractivity (Wildman–Crippen MR) is 82.8 cm³/mol. The molecule has 0 radical (unpaired) electrons. The van der Waals surface area contributed by atoms with Crippen molar-refractivity contribution in [2.45, 2.75) is 32.0 Å². The molecule has 2 fully saturated rings. The topological polar surface area (TPSA) is 79.9 Å². The van der Waals surface area contributed by atoms with E-state index in [2.05, 4.69) is 17.0 Å². The third-order valence-corrected chi connectivity index (χ3v) is 5.26. The summed E-state index contributed by atoms with van der Waals surface area (Å²) in [5, 5.41) is 3.16. The van der Waals surface area contributed by atoms with Gasteiger partial charge >= 0.3 is 0 Å². The molecule has 2 N–H and O–H groups in total. The van der Waals surface area contributed by atoms with E-state index >= 15 is 0 Å². The van der Waals surface area contributed by atoms with Gasteiger partial charge < -0.3 is 14.8 Å². The standard InChI is InChI=1S/C12H25N3O4S.ClH/c1-2-5-13-6-7-14-20(16,17)15-8-3-12(4-9-15)18-10-11-19-12;/h13-14H,2-11H2,1H3;1H. The maximum atomic E-state index is 12.1. The molecule has 0 amide bonds. The molecule has 2 heterocycles. The van der Waals surface area contributed by atoms with Gasteiger partial charge in [-0.1, -0.05) is 6.92 Å². The van der Waals surface area contributed by atoms with Crippen molar-refractivity contribution in [3.05, 3.63) is 0 Å². The van der Waals surface area contributed by atoms with Crippen molar-refractivity contribution in [2.24, 2.45) is 0 Å². The Balaban J connectivity index is 0.00000220. The number of hydrogen-bond donors (Lipinski definition) is 2. The van der Waals surface area contributed by atoms with Crippen LogP contribution in [0.1, 0.15) is 26.2 Å². The molecule has 1 spiro atoms. The van der Waals surface area contributed by atoms with Crippen LogP contribution in [0.2, 0.25) is 0 Å². The molecular weight excluding hydrogens is 318 g/mol. The smallest absolute Gasteiger partial charge is 0.279 e. The number of hydrogen-bond acceptors (Lipinski definition) is 5. The summed E-state index contributed by atoms with van der Waals surface area (Å²) in [6.07, 6.45) is 2.24. The highest BCUT2D eigenvalue weighted by Crippen LogP contribution is 2.31. The van der Waals surface area contributed by atoms with Crippen LogP contribution in [-0.4, -0.2) is 64.4 Å². The van der Waals surface area contributed by atoms with E-state index in [0.29, 0.717) is 52.2 Å². The Bertz CT molecular complexity index is 391. The minimum atomic E-state index is -3.38. The summed E-state index contributed by atoms with van der Waals surface area (Å²) >= 11 is 0. The second kappa shape index (κ2) is 8.61. The highest BCUT2D eigenvalue weighted by atomic mass is 35.5. The van der Waals surface area contributed by atoms with Gasteiger partial charge in [0.25, 0.3) is 10.2 Å². The van der Waals surface area contributed by atoms with Crippen molar-refractivity contribution in [1.29, 1.82) is 0 Å². The van der Waals surface area contributed by atoms with Crippen LogP contribution in [0.5, 0.6) is 0 Å². The molecule has 2 aliphatic rings. The van der Waals surface area contributed by atoms with Crippen LogP contribution in [0.3, 0.4) is 0 Å². The van der Waals surface area contributed by atoms with Crippen LogP contribution in [-0.2, 0) is 19.7 Å². The minimum Gasteiger partial charge on any atom is -0.347 e. The van der Waals surface area contributed by atoms with Crippen LogP contribution in [0.15, 0.2) is 0 Å². The molecule has 21 heavy (non-hydrogen) atoms. The van der Waals surface area contributed by atoms with Crippen molar-refractivity contribution in [3.63, 3.8) is 0 Å². The molecule has 0 aromatic heterocycles. The summed E-state index contributed by atoms with van der Waals surface area (Å²) in [5.41, 5.74) is 0. The molecule has 7 nitrogen and oxygen atoms in total. The van der Waals surface area contributed by atoms with Crippen molar-refractivity contribution >= 4 is 22.6 Å². The van der Waals surface area contributed by atoms with E-state index in [9.17, 15) is 8.42 Å². The summed E-state index contributed by atoms with van der Waals surface area (Å²) in [6.45, 7) is 6.14. The summed E-state index contributed by atoms with van der Waals surface area (Å²) in [7, 11) is -3.38. The van der Waals surface area contributed by atoms with Crippen LogP contribution in [0.25, 0.3) is 0 Å². The van der Waals surface area contributed by atoms with E-state index in [1.54, 1.807) is 0 Å². The molecule has 0 aromatic rings. The van der Waals surface area contributed by atoms with Gasteiger partial charge in [0.15, 0.2) is 5.79 Å². The summed E-state index contributed by atoms with van der Waals surface area (Å²) in [6, 6.07) is 0. The van der Waals surface area contributed by atoms with E-state index in [-0.39, 0.29) is 12.4 Å². The number of nitrogens with zero attached hydrogens (tertiary/aromatic N) is 1. The summed E-state index contributed by atoms with van der Waals surface area (Å²) in [4.78, 5) is 0. The zero-order valence-corrected chi connectivity index (χ0v) is 14.1. The molecule has 0 aromatic carbocycles. The number of nitrogens with one attached hydrogen (secondary N) is 2. The van der Waals surface area contributed by atoms with Crippen LogP contribution in [0.4, 0.5) is 0 Å². The van der Waals surface area contributed by atoms with Gasteiger partial charge in [-0.05, 0) is 13.0 Å². The second-order valence-electron chi connectivity index (χ2n) is 5.16. The fourth-order valence-electron chi connectivity index (χ4n) is 2.51. The molecule has 2 aliphatic heterocycles. The normalized spacial score (nSPS) is 22.3. The van der Waals surface area contributed by atoms with E-state index < -0.39 is 16.0 Å². The lowest BCUT2D eigenvalue weighted by molar-refractivity contribution is -0.179. The van der Waals surface area contributed by atoms with Gasteiger partial charge in [-0.15, -0.1) is 12.4 Å². The first kappa shape index (κ1) is 19.1. The largest absolute Gasteiger partial charge is 0.347 e. The molecule has 2 saturated heterocycles. The highest BCUT2D eigenvalue weighted by Gasteiger charge is 2.42. The lowest BCUT2D eigenvalue weighted by atomic mass is 10.1. The zero-order valence-electron chi connectivity index (χ0n) is 12.5. The fraction of sp³-hybridized carbons (Fsp3) is 1.00. The first-order valence-electron chi connectivity index (χ1n) is 7.31. The zero-order chi connectivity index (χ0) is 14.5. The van der Waals surface area contributed by atoms with Crippen molar-refractivity contribution < 1.29 is 17.9 Å². The van der Waals surface area contributed by atoms with Gasteiger partial charge in [-0.3, -0.25) is 0 Å². The third kappa shape index (κ3) is 5.31. The molecule has 126 valence electrons. The molecule has 0 bridgehead atoms. The van der Waals surface area contributed by atoms with E-state index in [1.165, 1.54) is 4.31 Å². The second-order valence-corrected chi connectivity index (χ2v) is 6.91. The van der Waals surface area contributed by atoms with Crippen LogP contribution < -0.4 is 10.0 Å². The maximum Gasteiger partial charge on any atom is 0.279 e. The average Bonchev–Trinajstić information content (AvgIpc) is 2.87. The van der Waals surface area contributed by atoms with Gasteiger partial charge in [-0.25, -0.2) is 4.72 Å². The average molecular weight is 344 g/mol. The Kier molecular flexibility index (Phi) is 7.83. The number of halogens is 1. The van der Waals surface area contributed by atoms with Crippen molar-refractivity contribution in [1.82, 2.24) is 14.3 Å². The lowest BCUT2D eigenvalue weighted by Crippen LogP contribution is -2.51. The molecule has 2 rings (SSSR count). The lowest BCUT2D eigenvalue weighted by Gasteiger charge is -2.36. The molecule has 0 aliphatic carbocycles. The number of ether oxygens (including phenoxy) is 2. The molecule has 0 atom stereocenters. The molecular formula is C12H26ClN3O4S. The van der Waals surface area contributed by atoms with E-state index in [1.807, 2.05) is 0 Å². The van der Waals surface area contributed by atoms with E-state index in [0.717, 1.165) is 13.0 Å². The Morgan fingerprint density at radius 3 is 2.29 bits per heavy atom. The van der Waals surface area contributed by atoms with Crippen molar-refractivity contribution in [3.8, 4) is 0 Å². The molecule has 0 unspecified atom stereocenters. The highest BCUT2D eigenvalue weighted by molar-refractivity contribution is 7.87. The van der Waals surface area contributed by atoms with Gasteiger partial charge in [0.2, 0.25) is 0 Å². The summed E-state index contributed by atoms with van der Waals surface area (Å²) in [5.74, 6) is -0.533. The Morgan fingerprint density at radius 2 is 1.71 bits per heavy atom. The SMILES string of the molecule is CCCNCCNS(=O)(=O)N1CCC2(CC1)OCCO2.Cl. The predicted octanol–water partition coefficient (Wildman–Crippen LogP) is 0.0811. The fourth-order valence-corrected chi connectivity index (χ4v) is 3.72. The van der Waals surface area contributed by atoms with Crippen LogP contribution in [0, 0.1) is 0 Å². The molecule has 0 saturated carbocycles. The van der Waals surface area contributed by atoms with Gasteiger partial charge in [-0.2, -0.15) is 12.7 Å². The van der Waals surface area contributed by atoms with Crippen LogP contribution >= 0.6 is 12.4 Å². The minimum absolute atomic E-state index is 0. The van der Waals surface area contributed by atoms with E-state index in [4.69, 9.17) is 9.47 Å². The Labute approximate surface area is 133 Å².